The van der Waals surface area contributed by atoms with E-state index < -0.39 is 11.6 Å². The summed E-state index contributed by atoms with van der Waals surface area (Å²) in [6.07, 6.45) is 26.1. The van der Waals surface area contributed by atoms with Crippen LogP contribution in [-0.4, -0.2) is 22.9 Å². The van der Waals surface area contributed by atoms with Gasteiger partial charge >= 0.3 is 0 Å². The summed E-state index contributed by atoms with van der Waals surface area (Å²) in [6, 6.07) is 0. The van der Waals surface area contributed by atoms with Gasteiger partial charge in [-0.1, -0.05) is 142 Å². The second-order valence-electron chi connectivity index (χ2n) is 11.1. The molecule has 0 rings (SSSR count). The van der Waals surface area contributed by atoms with Crippen molar-refractivity contribution in [3.05, 3.63) is 0 Å². The first-order valence-electron chi connectivity index (χ1n) is 15.4. The van der Waals surface area contributed by atoms with Gasteiger partial charge in [0.05, 0.1) is 0 Å². The monoisotopic (exact) mass is 495 g/mol. The van der Waals surface area contributed by atoms with Crippen LogP contribution >= 0.6 is 0 Å². The lowest BCUT2D eigenvalue weighted by Crippen LogP contribution is -2.51. The highest BCUT2D eigenvalue weighted by Crippen LogP contribution is 2.28. The first-order valence-corrected chi connectivity index (χ1v) is 15.4. The van der Waals surface area contributed by atoms with E-state index in [0.29, 0.717) is 12.8 Å². The maximum atomic E-state index is 12.8. The van der Waals surface area contributed by atoms with E-state index in [-0.39, 0.29) is 11.6 Å². The molecule has 3 N–H and O–H groups in total. The molecule has 0 aromatic rings. The molecule has 0 aliphatic heterocycles. The van der Waals surface area contributed by atoms with Crippen LogP contribution < -0.4 is 5.73 Å². The van der Waals surface area contributed by atoms with Gasteiger partial charge in [-0.2, -0.15) is 0 Å². The summed E-state index contributed by atoms with van der Waals surface area (Å²) < 4.78 is 0. The minimum absolute atomic E-state index is 0.184. The van der Waals surface area contributed by atoms with Crippen molar-refractivity contribution in [2.24, 2.45) is 11.1 Å². The molecule has 35 heavy (non-hydrogen) atoms. The van der Waals surface area contributed by atoms with Gasteiger partial charge < -0.3 is 10.8 Å². The highest BCUT2D eigenvalue weighted by Gasteiger charge is 2.44. The number of ketones is 2. The van der Waals surface area contributed by atoms with Crippen LogP contribution in [0.15, 0.2) is 0 Å². The first kappa shape index (κ1) is 34.3. The van der Waals surface area contributed by atoms with Gasteiger partial charge in [-0.15, -0.1) is 0 Å². The lowest BCUT2D eigenvalue weighted by atomic mass is 9.76. The Morgan fingerprint density at radius 3 is 1.00 bits per heavy atom. The van der Waals surface area contributed by atoms with Crippen LogP contribution in [-0.2, 0) is 9.59 Å². The molecule has 0 fully saturated rings. The number of aliphatic hydroxyl groups is 1. The van der Waals surface area contributed by atoms with Gasteiger partial charge in [0.1, 0.15) is 23.2 Å². The summed E-state index contributed by atoms with van der Waals surface area (Å²) in [4.78, 5) is 25.7. The lowest BCUT2D eigenvalue weighted by molar-refractivity contribution is -0.147. The molecule has 0 saturated carbocycles. The molecule has 208 valence electrons. The van der Waals surface area contributed by atoms with E-state index in [2.05, 4.69) is 13.8 Å². The van der Waals surface area contributed by atoms with Crippen molar-refractivity contribution in [1.82, 2.24) is 0 Å². The molecule has 0 aromatic heterocycles. The third kappa shape index (κ3) is 17.4. The highest BCUT2D eigenvalue weighted by molar-refractivity contribution is 6.07. The first-order chi connectivity index (χ1) is 16.9. The SMILES string of the molecule is CCCCCCCCCCCCCC(=O)C(C)(C(=O)CCCCCCCCCCCCC)C(N)O. The Balaban J connectivity index is 3.96. The zero-order valence-corrected chi connectivity index (χ0v) is 23.9. The fourth-order valence-corrected chi connectivity index (χ4v) is 4.90. The molecule has 4 nitrogen and oxygen atoms in total. The van der Waals surface area contributed by atoms with Crippen molar-refractivity contribution in [3.8, 4) is 0 Å². The molecule has 0 heterocycles. The van der Waals surface area contributed by atoms with E-state index in [4.69, 9.17) is 5.73 Å². The normalized spacial score (nSPS) is 12.7. The number of unbranched alkanes of at least 4 members (excludes halogenated alkanes) is 20. The Morgan fingerprint density at radius 2 is 0.771 bits per heavy atom. The maximum Gasteiger partial charge on any atom is 0.150 e. The molecule has 0 bridgehead atoms. The van der Waals surface area contributed by atoms with E-state index in [1.165, 1.54) is 103 Å². The van der Waals surface area contributed by atoms with E-state index in [1.54, 1.807) is 6.92 Å². The van der Waals surface area contributed by atoms with Crippen LogP contribution in [0, 0.1) is 5.41 Å². The second kappa shape index (κ2) is 23.6. The third-order valence-electron chi connectivity index (χ3n) is 7.76. The lowest BCUT2D eigenvalue weighted by Gasteiger charge is -2.29. The molecule has 0 aliphatic carbocycles. The van der Waals surface area contributed by atoms with Crippen LogP contribution in [0.2, 0.25) is 0 Å². The largest absolute Gasteiger partial charge is 0.377 e. The molecule has 1 unspecified atom stereocenters. The standard InChI is InChI=1S/C31H61NO3/c1-4-6-8-10-12-14-16-18-20-22-24-26-28(33)31(3,30(32)35)29(34)27-25-23-21-19-17-15-13-11-9-7-5-2/h30,35H,4-27,32H2,1-3H3. The van der Waals surface area contributed by atoms with Crippen LogP contribution in [0.25, 0.3) is 0 Å². The topological polar surface area (TPSA) is 80.4 Å². The number of aliphatic hydroxyl groups excluding tert-OH is 1. The number of Topliss-reactive ketones (excluding diaryl/α,β-unsaturated/α-hetero) is 2. The molecule has 0 aromatic carbocycles. The van der Waals surface area contributed by atoms with Crippen molar-refractivity contribution >= 4 is 11.6 Å². The van der Waals surface area contributed by atoms with Crippen molar-refractivity contribution in [1.29, 1.82) is 0 Å². The van der Waals surface area contributed by atoms with Crippen LogP contribution in [0.4, 0.5) is 0 Å². The molecule has 4 heteroatoms. The Labute approximate surface area is 218 Å². The second-order valence-corrected chi connectivity index (χ2v) is 11.1. The number of carbonyl (C=O) groups excluding carboxylic acids is 2. The van der Waals surface area contributed by atoms with Gasteiger partial charge in [0.25, 0.3) is 0 Å². The molecule has 0 aliphatic rings. The fraction of sp³-hybridized carbons (Fsp3) is 0.935. The summed E-state index contributed by atoms with van der Waals surface area (Å²) in [5.74, 6) is -0.368. The molecule has 0 radical (unpaired) electrons. The Hall–Kier alpha value is -0.740. The summed E-state index contributed by atoms with van der Waals surface area (Å²) in [7, 11) is 0. The number of rotatable bonds is 27. The number of carbonyl (C=O) groups is 2. The smallest absolute Gasteiger partial charge is 0.150 e. The van der Waals surface area contributed by atoms with Crippen molar-refractivity contribution < 1.29 is 14.7 Å². The Bertz CT molecular complexity index is 465. The predicted molar refractivity (Wildman–Crippen MR) is 150 cm³/mol. The van der Waals surface area contributed by atoms with E-state index in [0.717, 1.165) is 38.5 Å². The summed E-state index contributed by atoms with van der Waals surface area (Å²) in [5.41, 5.74) is 4.30. The van der Waals surface area contributed by atoms with E-state index >= 15 is 0 Å². The van der Waals surface area contributed by atoms with Crippen LogP contribution in [0.1, 0.15) is 175 Å². The zero-order valence-electron chi connectivity index (χ0n) is 23.9. The minimum Gasteiger partial charge on any atom is -0.377 e. The third-order valence-corrected chi connectivity index (χ3v) is 7.76. The zero-order chi connectivity index (χ0) is 26.2. The maximum absolute atomic E-state index is 12.8. The summed E-state index contributed by atoms with van der Waals surface area (Å²) >= 11 is 0. The van der Waals surface area contributed by atoms with E-state index in [9.17, 15) is 14.7 Å². The average Bonchev–Trinajstić information content (AvgIpc) is 2.84. The average molecular weight is 496 g/mol. The number of nitrogens with two attached hydrogens (primary N) is 1. The van der Waals surface area contributed by atoms with E-state index in [1.807, 2.05) is 0 Å². The molecule has 0 saturated heterocycles. The van der Waals surface area contributed by atoms with Crippen LogP contribution in [0.3, 0.4) is 0 Å². The van der Waals surface area contributed by atoms with Gasteiger partial charge in [-0.3, -0.25) is 9.59 Å². The minimum atomic E-state index is -1.45. The molecule has 0 amide bonds. The quantitative estimate of drug-likeness (QED) is 0.0677. The van der Waals surface area contributed by atoms with Gasteiger partial charge in [-0.25, -0.2) is 0 Å². The van der Waals surface area contributed by atoms with Gasteiger partial charge in [-0.05, 0) is 19.8 Å². The van der Waals surface area contributed by atoms with Gasteiger partial charge in [0.15, 0.2) is 0 Å². The number of hydrogen-bond acceptors (Lipinski definition) is 4. The molecule has 0 spiro atoms. The highest BCUT2D eigenvalue weighted by atomic mass is 16.3. The van der Waals surface area contributed by atoms with Crippen LogP contribution in [0.5, 0.6) is 0 Å². The summed E-state index contributed by atoms with van der Waals surface area (Å²) in [5, 5.41) is 10.1. The number of hydrogen-bond donors (Lipinski definition) is 2. The summed E-state index contributed by atoms with van der Waals surface area (Å²) in [6.45, 7) is 6.05. The van der Waals surface area contributed by atoms with Crippen molar-refractivity contribution in [2.45, 2.75) is 181 Å². The molecular weight excluding hydrogens is 434 g/mol. The molecule has 1 atom stereocenters. The van der Waals surface area contributed by atoms with Gasteiger partial charge in [0, 0.05) is 12.8 Å². The van der Waals surface area contributed by atoms with Crippen molar-refractivity contribution in [2.75, 3.05) is 0 Å². The fourth-order valence-electron chi connectivity index (χ4n) is 4.90. The Morgan fingerprint density at radius 1 is 0.543 bits per heavy atom. The predicted octanol–water partition coefficient (Wildman–Crippen LogP) is 8.81. The van der Waals surface area contributed by atoms with Gasteiger partial charge in [0.2, 0.25) is 0 Å². The van der Waals surface area contributed by atoms with Crippen molar-refractivity contribution in [3.63, 3.8) is 0 Å². The molecular formula is C31H61NO3. The Kier molecular flexibility index (Phi) is 23.1.